The van der Waals surface area contributed by atoms with Gasteiger partial charge in [-0.15, -0.1) is 25.6 Å². The molecule has 3 amide bonds. The summed E-state index contributed by atoms with van der Waals surface area (Å²) in [5, 5.41) is 58.0. The molecule has 0 spiro atoms. The van der Waals surface area contributed by atoms with Crippen LogP contribution in [0.25, 0.3) is 5.57 Å². The smallest absolute Gasteiger partial charge is 0.283 e. The van der Waals surface area contributed by atoms with Crippen molar-refractivity contribution in [1.82, 2.24) is 13.6 Å². The van der Waals surface area contributed by atoms with Crippen molar-refractivity contribution in [2.24, 2.45) is 31.5 Å². The molecule has 8 aromatic rings. The average molecular weight is 1220 g/mol. The van der Waals surface area contributed by atoms with Crippen LogP contribution in [0.4, 0.5) is 49.8 Å². The SMILES string of the molecule is CCC(Cc1ccccc1)c1ccc(N=Nc2snc(C)c2C#N)c(NC(C)=O)c1.CCN(Cc1ccccc1)c1ccc(N=Nc2snc(C)c2C#N)c(NC(=O)C(C)C)c1.CN(C)C1=NN(c2ccccc2)C(=O)/C1=C(/C#N)c1ccc(N(C)C)cc1. The first kappa shape index (κ1) is 66.0. The van der Waals surface area contributed by atoms with E-state index in [4.69, 9.17) is 0 Å². The van der Waals surface area contributed by atoms with Crippen molar-refractivity contribution in [3.8, 4) is 18.2 Å². The highest BCUT2D eigenvalue weighted by atomic mass is 32.1. The lowest BCUT2D eigenvalue weighted by molar-refractivity contribution is -0.119. The van der Waals surface area contributed by atoms with E-state index in [1.165, 1.54) is 23.1 Å². The molecule has 0 fully saturated rings. The molecule has 2 N–H and O–H groups in total. The van der Waals surface area contributed by atoms with E-state index >= 15 is 0 Å². The number of allylic oxidation sites excluding steroid dienone is 1. The maximum atomic E-state index is 13.1. The van der Waals surface area contributed by atoms with Gasteiger partial charge in [0.15, 0.2) is 15.8 Å². The maximum absolute atomic E-state index is 13.1. The fraction of sp³-hybridized carbons (Fsp3) is 0.250. The lowest BCUT2D eigenvalue weighted by Crippen LogP contribution is -2.26. The molecule has 21 heteroatoms. The summed E-state index contributed by atoms with van der Waals surface area (Å²) < 4.78 is 8.33. The topological polar surface area (TPSA) is 247 Å². The third-order valence-electron chi connectivity index (χ3n) is 14.0. The number of hydrazone groups is 1. The Morgan fingerprint density at radius 3 is 1.67 bits per heavy atom. The molecule has 0 bridgehead atoms. The molecule has 0 saturated carbocycles. The van der Waals surface area contributed by atoms with Crippen molar-refractivity contribution in [3.05, 3.63) is 202 Å². The molecule has 0 radical (unpaired) electrons. The molecule has 0 saturated heterocycles. The number of para-hydroxylation sites is 1. The number of nitrogens with one attached hydrogen (secondary N) is 2. The highest BCUT2D eigenvalue weighted by Crippen LogP contribution is 2.38. The van der Waals surface area contributed by atoms with Crippen LogP contribution in [-0.2, 0) is 27.3 Å². The highest BCUT2D eigenvalue weighted by Gasteiger charge is 2.36. The van der Waals surface area contributed by atoms with Crippen LogP contribution in [0.5, 0.6) is 0 Å². The molecule has 2 aromatic heterocycles. The van der Waals surface area contributed by atoms with Crippen molar-refractivity contribution in [3.63, 3.8) is 0 Å². The third kappa shape index (κ3) is 17.4. The second-order valence-electron chi connectivity index (χ2n) is 21.2. The number of azo groups is 2. The number of carbonyl (C=O) groups is 3. The first-order chi connectivity index (χ1) is 42.9. The van der Waals surface area contributed by atoms with E-state index in [9.17, 15) is 30.2 Å². The fourth-order valence-electron chi connectivity index (χ4n) is 9.12. The average Bonchev–Trinajstić information content (AvgIpc) is 1.83. The minimum absolute atomic E-state index is 0.101. The largest absolute Gasteiger partial charge is 0.378 e. The monoisotopic (exact) mass is 1220 g/mol. The number of carbonyl (C=O) groups excluding carboxylic acids is 3. The van der Waals surface area contributed by atoms with E-state index in [1.807, 2.05) is 174 Å². The zero-order chi connectivity index (χ0) is 64.1. The molecule has 1 aliphatic heterocycles. The van der Waals surface area contributed by atoms with Crippen LogP contribution in [0.2, 0.25) is 0 Å². The van der Waals surface area contributed by atoms with E-state index in [0.717, 1.165) is 65.9 Å². The normalized spacial score (nSPS) is 12.6. The fourth-order valence-corrected chi connectivity index (χ4v) is 10.5. The maximum Gasteiger partial charge on any atom is 0.283 e. The number of amides is 3. The first-order valence-corrected chi connectivity index (χ1v) is 30.3. The number of hydrogen-bond donors (Lipinski definition) is 2. The standard InChI is InChI=1S/C24H26N6OS.C23H23N5OS.C21H21N5O/c1-5-30(15-18-9-7-6-8-10-18)19-11-12-21(22(13-19)26-23(31)16(2)3)27-28-24-20(14-25)17(4)29-32-24;1-4-18(12-17-8-6-5-7-9-17)19-10-11-21(22(13-19)25-16(3)29)26-27-23-20(14-24)15(2)28-30-23;1-24(2)16-12-10-15(11-13-16)18(14-22)19-20(25(3)4)23-26(21(19)27)17-8-6-5-7-9-17/h6-13,16H,5,15H2,1-4H3,(H,26,31);5-11,13,18H,4,12H2,1-3H3,(H,25,29);5-13H,1-4H3/b;;19-18-. The number of amidine groups is 1. The quantitative estimate of drug-likeness (QED) is 0.0464. The summed E-state index contributed by atoms with van der Waals surface area (Å²) in [6, 6.07) is 55.4. The van der Waals surface area contributed by atoms with Gasteiger partial charge in [0.05, 0.1) is 34.0 Å². The van der Waals surface area contributed by atoms with E-state index in [2.05, 4.69) is 106 Å². The summed E-state index contributed by atoms with van der Waals surface area (Å²) in [5.74, 6) is 0.0296. The minimum Gasteiger partial charge on any atom is -0.378 e. The van der Waals surface area contributed by atoms with Crippen LogP contribution in [0, 0.1) is 53.8 Å². The predicted molar refractivity (Wildman–Crippen MR) is 357 cm³/mol. The van der Waals surface area contributed by atoms with Crippen molar-refractivity contribution in [2.75, 3.05) is 60.2 Å². The summed E-state index contributed by atoms with van der Waals surface area (Å²) in [6.07, 6.45) is 1.89. The van der Waals surface area contributed by atoms with Crippen molar-refractivity contribution in [2.45, 2.75) is 73.8 Å². The molecule has 19 nitrogen and oxygen atoms in total. The van der Waals surface area contributed by atoms with Crippen LogP contribution in [0.3, 0.4) is 0 Å². The van der Waals surface area contributed by atoms with Gasteiger partial charge in [0.1, 0.15) is 46.3 Å². The second-order valence-corrected chi connectivity index (χ2v) is 22.7. The van der Waals surface area contributed by atoms with Crippen LogP contribution >= 0.6 is 23.1 Å². The van der Waals surface area contributed by atoms with E-state index in [-0.39, 0.29) is 23.6 Å². The van der Waals surface area contributed by atoms with Gasteiger partial charge in [-0.2, -0.15) is 29.5 Å². The van der Waals surface area contributed by atoms with Crippen molar-refractivity contribution < 1.29 is 14.4 Å². The van der Waals surface area contributed by atoms with Crippen molar-refractivity contribution >= 4 is 102 Å². The molecule has 1 aliphatic rings. The number of nitrogens with zero attached hydrogens (tertiary/aromatic N) is 14. The van der Waals surface area contributed by atoms with Gasteiger partial charge in [0.25, 0.3) is 5.91 Å². The van der Waals surface area contributed by atoms with Crippen molar-refractivity contribution in [1.29, 1.82) is 15.8 Å². The van der Waals surface area contributed by atoms with Gasteiger partial charge in [-0.1, -0.05) is 118 Å². The summed E-state index contributed by atoms with van der Waals surface area (Å²) in [4.78, 5) is 43.3. The van der Waals surface area contributed by atoms with Gasteiger partial charge in [-0.05, 0) is 139 Å². The molecular formula is C68H70N16O3S2. The number of rotatable bonds is 18. The highest BCUT2D eigenvalue weighted by molar-refractivity contribution is 7.10. The molecule has 3 heterocycles. The Labute approximate surface area is 528 Å². The summed E-state index contributed by atoms with van der Waals surface area (Å²) >= 11 is 2.26. The zero-order valence-electron chi connectivity index (χ0n) is 51.7. The molecular weight excluding hydrogens is 1150 g/mol. The molecule has 1 unspecified atom stereocenters. The lowest BCUT2D eigenvalue weighted by Gasteiger charge is -2.24. The van der Waals surface area contributed by atoms with E-state index in [0.29, 0.717) is 89.4 Å². The summed E-state index contributed by atoms with van der Waals surface area (Å²) in [5.41, 5.74) is 12.0. The molecule has 1 atom stereocenters. The van der Waals surface area contributed by atoms with Gasteiger partial charge in [0.2, 0.25) is 11.8 Å². The number of nitriles is 3. The lowest BCUT2D eigenvalue weighted by atomic mass is 9.89. The van der Waals surface area contributed by atoms with Crippen LogP contribution in [-0.4, -0.2) is 71.9 Å². The Morgan fingerprint density at radius 1 is 0.652 bits per heavy atom. The van der Waals surface area contributed by atoms with E-state index < -0.39 is 0 Å². The summed E-state index contributed by atoms with van der Waals surface area (Å²) in [6.45, 7) is 14.5. The minimum atomic E-state index is -0.307. The Morgan fingerprint density at radius 2 is 1.18 bits per heavy atom. The number of likely N-dealkylation sites (N-methyl/N-ethyl adjacent to an activating group) is 1. The number of hydrogen-bond acceptors (Lipinski definition) is 18. The molecule has 9 rings (SSSR count). The first-order valence-electron chi connectivity index (χ1n) is 28.7. The number of aromatic nitrogens is 2. The molecule has 6 aromatic carbocycles. The van der Waals surface area contributed by atoms with Gasteiger partial charge >= 0.3 is 0 Å². The number of benzene rings is 6. The van der Waals surface area contributed by atoms with Gasteiger partial charge < -0.3 is 25.3 Å². The summed E-state index contributed by atoms with van der Waals surface area (Å²) in [7, 11) is 7.52. The predicted octanol–water partition coefficient (Wildman–Crippen LogP) is 15.7. The van der Waals surface area contributed by atoms with Crippen LogP contribution in [0.15, 0.2) is 183 Å². The Bertz CT molecular complexity index is 4020. The van der Waals surface area contributed by atoms with Crippen LogP contribution in [0.1, 0.15) is 91.7 Å². The Kier molecular flexibility index (Phi) is 23.5. The van der Waals surface area contributed by atoms with Crippen LogP contribution < -0.4 is 25.4 Å². The van der Waals surface area contributed by atoms with E-state index in [1.54, 1.807) is 18.7 Å². The molecule has 0 aliphatic carbocycles. The molecule has 452 valence electrons. The Hall–Kier alpha value is -10.5. The van der Waals surface area contributed by atoms with Gasteiger partial charge in [-0.3, -0.25) is 14.4 Å². The zero-order valence-corrected chi connectivity index (χ0v) is 53.4. The Balaban J connectivity index is 0.000000191. The number of anilines is 5. The second kappa shape index (κ2) is 31.7. The number of aryl methyl sites for hydroxylation is 2. The van der Waals surface area contributed by atoms with Gasteiger partial charge in [-0.25, -0.2) is 0 Å². The molecule has 89 heavy (non-hydrogen) atoms. The third-order valence-corrected chi connectivity index (χ3v) is 15.7. The van der Waals surface area contributed by atoms with Gasteiger partial charge in [0, 0.05) is 65.5 Å².